The normalized spacial score (nSPS) is 10.2. The maximum Gasteiger partial charge on any atom is 0.226 e. The molecule has 0 aliphatic carbocycles. The smallest absolute Gasteiger partial charge is 0.226 e. The van der Waals surface area contributed by atoms with E-state index in [1.165, 1.54) is 43.0 Å². The third-order valence-corrected chi connectivity index (χ3v) is 3.63. The first-order chi connectivity index (χ1) is 11.9. The number of hydrogen-bond donors (Lipinski definition) is 1. The van der Waals surface area contributed by atoms with E-state index in [0.29, 0.717) is 16.9 Å². The number of halogens is 1. The van der Waals surface area contributed by atoms with Gasteiger partial charge in [0.2, 0.25) is 11.8 Å². The van der Waals surface area contributed by atoms with Gasteiger partial charge in [0.1, 0.15) is 5.82 Å². The number of anilines is 2. The lowest BCUT2D eigenvalue weighted by molar-refractivity contribution is -0.117. The highest BCUT2D eigenvalue weighted by Gasteiger charge is 2.14. The van der Waals surface area contributed by atoms with E-state index in [0.717, 1.165) is 0 Å². The highest BCUT2D eigenvalue weighted by Crippen LogP contribution is 2.16. The van der Waals surface area contributed by atoms with Gasteiger partial charge in [-0.2, -0.15) is 0 Å². The Bertz CT molecular complexity index is 788. The molecule has 0 radical (unpaired) electrons. The molecule has 0 atom stereocenters. The summed E-state index contributed by atoms with van der Waals surface area (Å²) in [5.41, 5.74) is 1.56. The number of amides is 2. The van der Waals surface area contributed by atoms with E-state index in [1.807, 2.05) is 0 Å². The van der Waals surface area contributed by atoms with E-state index in [-0.39, 0.29) is 30.6 Å². The van der Waals surface area contributed by atoms with Crippen LogP contribution in [0.2, 0.25) is 0 Å². The van der Waals surface area contributed by atoms with E-state index in [4.69, 9.17) is 0 Å². The number of ketones is 1. The Labute approximate surface area is 145 Å². The molecule has 0 aromatic heterocycles. The summed E-state index contributed by atoms with van der Waals surface area (Å²) in [5.74, 6) is -1.00. The van der Waals surface area contributed by atoms with Gasteiger partial charge >= 0.3 is 0 Å². The van der Waals surface area contributed by atoms with Gasteiger partial charge in [-0.15, -0.1) is 0 Å². The summed E-state index contributed by atoms with van der Waals surface area (Å²) in [5, 5.41) is 2.70. The third-order valence-electron chi connectivity index (χ3n) is 3.63. The molecule has 0 fully saturated rings. The Morgan fingerprint density at radius 2 is 1.72 bits per heavy atom. The van der Waals surface area contributed by atoms with Gasteiger partial charge < -0.3 is 10.2 Å². The first-order valence-electron chi connectivity index (χ1n) is 7.81. The molecule has 0 aliphatic heterocycles. The molecule has 2 aromatic carbocycles. The van der Waals surface area contributed by atoms with Crippen LogP contribution in [-0.2, 0) is 9.59 Å². The lowest BCUT2D eigenvalue weighted by atomic mass is 10.1. The fourth-order valence-corrected chi connectivity index (χ4v) is 2.34. The van der Waals surface area contributed by atoms with E-state index in [2.05, 4.69) is 5.32 Å². The van der Waals surface area contributed by atoms with E-state index < -0.39 is 5.82 Å². The zero-order chi connectivity index (χ0) is 18.4. The molecule has 25 heavy (non-hydrogen) atoms. The Hall–Kier alpha value is -3.02. The van der Waals surface area contributed by atoms with Crippen LogP contribution in [0.1, 0.15) is 30.6 Å². The van der Waals surface area contributed by atoms with Crippen LogP contribution in [0.15, 0.2) is 48.5 Å². The van der Waals surface area contributed by atoms with E-state index in [9.17, 15) is 18.8 Å². The predicted octanol–water partition coefficient (Wildman–Crippen LogP) is 3.41. The first kappa shape index (κ1) is 18.3. The quantitative estimate of drug-likeness (QED) is 0.818. The SMILES string of the molecule is CC(=O)c1cccc(NC(=O)CCN(C(C)=O)c2ccc(F)cc2)c1. The van der Waals surface area contributed by atoms with Crippen molar-refractivity contribution in [1.29, 1.82) is 0 Å². The van der Waals surface area contributed by atoms with Crippen molar-refractivity contribution in [3.05, 3.63) is 59.9 Å². The predicted molar refractivity (Wildman–Crippen MR) is 94.1 cm³/mol. The van der Waals surface area contributed by atoms with Crippen molar-refractivity contribution in [2.75, 3.05) is 16.8 Å². The minimum atomic E-state index is -0.393. The minimum Gasteiger partial charge on any atom is -0.326 e. The molecule has 0 bridgehead atoms. The largest absolute Gasteiger partial charge is 0.326 e. The molecule has 2 rings (SSSR count). The summed E-state index contributed by atoms with van der Waals surface area (Å²) in [6.45, 7) is 3.01. The molecule has 0 heterocycles. The van der Waals surface area contributed by atoms with Crippen molar-refractivity contribution >= 4 is 29.0 Å². The molecule has 0 spiro atoms. The average Bonchev–Trinajstić information content (AvgIpc) is 2.56. The van der Waals surface area contributed by atoms with Crippen LogP contribution in [0, 0.1) is 5.82 Å². The standard InChI is InChI=1S/C19H19FN2O3/c1-13(23)15-4-3-5-17(12-15)21-19(25)10-11-22(14(2)24)18-8-6-16(20)7-9-18/h3-9,12H,10-11H2,1-2H3,(H,21,25). The second kappa shape index (κ2) is 8.19. The zero-order valence-corrected chi connectivity index (χ0v) is 14.1. The van der Waals surface area contributed by atoms with Gasteiger partial charge in [-0.05, 0) is 43.3 Å². The van der Waals surface area contributed by atoms with Gasteiger partial charge in [0.25, 0.3) is 0 Å². The third kappa shape index (κ3) is 5.24. The number of carbonyl (C=O) groups excluding carboxylic acids is 3. The summed E-state index contributed by atoms with van der Waals surface area (Å²) in [6, 6.07) is 12.2. The number of Topliss-reactive ketones (excluding diaryl/α,β-unsaturated/α-hetero) is 1. The van der Waals surface area contributed by atoms with Gasteiger partial charge in [-0.25, -0.2) is 4.39 Å². The average molecular weight is 342 g/mol. The molecule has 5 nitrogen and oxygen atoms in total. The molecule has 2 aromatic rings. The van der Waals surface area contributed by atoms with Crippen LogP contribution in [0.3, 0.4) is 0 Å². The molecule has 0 unspecified atom stereocenters. The van der Waals surface area contributed by atoms with Gasteiger partial charge in [0.15, 0.2) is 5.78 Å². The summed E-state index contributed by atoms with van der Waals surface area (Å²) in [7, 11) is 0. The molecule has 130 valence electrons. The summed E-state index contributed by atoms with van der Waals surface area (Å²) in [4.78, 5) is 36.7. The van der Waals surface area contributed by atoms with Crippen LogP contribution in [0.4, 0.5) is 15.8 Å². The van der Waals surface area contributed by atoms with Crippen LogP contribution in [-0.4, -0.2) is 24.1 Å². The molecule has 2 amide bonds. The van der Waals surface area contributed by atoms with Crippen molar-refractivity contribution in [3.63, 3.8) is 0 Å². The zero-order valence-electron chi connectivity index (χ0n) is 14.1. The highest BCUT2D eigenvalue weighted by molar-refractivity contribution is 5.97. The Morgan fingerprint density at radius 3 is 2.32 bits per heavy atom. The lowest BCUT2D eigenvalue weighted by Gasteiger charge is -2.21. The fraction of sp³-hybridized carbons (Fsp3) is 0.211. The maximum atomic E-state index is 13.0. The Balaban J connectivity index is 1.99. The molecular formula is C19H19FN2O3. The number of benzene rings is 2. The lowest BCUT2D eigenvalue weighted by Crippen LogP contribution is -2.31. The first-order valence-corrected chi connectivity index (χ1v) is 7.81. The fourth-order valence-electron chi connectivity index (χ4n) is 2.34. The van der Waals surface area contributed by atoms with Crippen molar-refractivity contribution in [2.45, 2.75) is 20.3 Å². The summed E-state index contributed by atoms with van der Waals surface area (Å²) in [6.07, 6.45) is 0.0707. The van der Waals surface area contributed by atoms with Crippen LogP contribution in [0.5, 0.6) is 0 Å². The maximum absolute atomic E-state index is 13.0. The van der Waals surface area contributed by atoms with Gasteiger partial charge in [-0.3, -0.25) is 14.4 Å². The highest BCUT2D eigenvalue weighted by atomic mass is 19.1. The Kier molecular flexibility index (Phi) is 6.00. The topological polar surface area (TPSA) is 66.5 Å². The number of carbonyl (C=O) groups is 3. The van der Waals surface area contributed by atoms with Gasteiger partial charge in [-0.1, -0.05) is 12.1 Å². The monoisotopic (exact) mass is 342 g/mol. The number of hydrogen-bond acceptors (Lipinski definition) is 3. The second-order valence-corrected chi connectivity index (χ2v) is 5.58. The van der Waals surface area contributed by atoms with Crippen LogP contribution < -0.4 is 10.2 Å². The second-order valence-electron chi connectivity index (χ2n) is 5.58. The molecular weight excluding hydrogens is 323 g/mol. The van der Waals surface area contributed by atoms with Crippen molar-refractivity contribution in [1.82, 2.24) is 0 Å². The number of rotatable bonds is 6. The molecule has 6 heteroatoms. The minimum absolute atomic E-state index is 0.0707. The van der Waals surface area contributed by atoms with Crippen molar-refractivity contribution < 1.29 is 18.8 Å². The Morgan fingerprint density at radius 1 is 1.04 bits per heavy atom. The van der Waals surface area contributed by atoms with Crippen molar-refractivity contribution in [3.8, 4) is 0 Å². The van der Waals surface area contributed by atoms with Crippen LogP contribution >= 0.6 is 0 Å². The molecule has 0 aliphatic rings. The molecule has 1 N–H and O–H groups in total. The van der Waals surface area contributed by atoms with E-state index in [1.54, 1.807) is 24.3 Å². The van der Waals surface area contributed by atoms with Crippen molar-refractivity contribution in [2.24, 2.45) is 0 Å². The van der Waals surface area contributed by atoms with E-state index >= 15 is 0 Å². The summed E-state index contributed by atoms with van der Waals surface area (Å²) >= 11 is 0. The molecule has 0 saturated carbocycles. The van der Waals surface area contributed by atoms with Crippen LogP contribution in [0.25, 0.3) is 0 Å². The summed E-state index contributed by atoms with van der Waals surface area (Å²) < 4.78 is 13.0. The number of nitrogens with zero attached hydrogens (tertiary/aromatic N) is 1. The van der Waals surface area contributed by atoms with Gasteiger partial charge in [0, 0.05) is 36.8 Å². The molecule has 0 saturated heterocycles. The van der Waals surface area contributed by atoms with Gasteiger partial charge in [0.05, 0.1) is 0 Å². The number of nitrogens with one attached hydrogen (secondary N) is 1.